The molecule has 2 rings (SSSR count). The predicted molar refractivity (Wildman–Crippen MR) is 79.1 cm³/mol. The van der Waals surface area contributed by atoms with Crippen molar-refractivity contribution in [2.24, 2.45) is 0 Å². The Morgan fingerprint density at radius 1 is 1.43 bits per heavy atom. The fourth-order valence-electron chi connectivity index (χ4n) is 2.15. The smallest absolute Gasteiger partial charge is 0.266 e. The van der Waals surface area contributed by atoms with Crippen LogP contribution in [0.2, 0.25) is 0 Å². The van der Waals surface area contributed by atoms with Crippen LogP contribution in [0.1, 0.15) is 11.1 Å². The van der Waals surface area contributed by atoms with Crippen molar-refractivity contribution in [3.05, 3.63) is 47.2 Å². The molecule has 0 radical (unpaired) electrons. The molecule has 0 unspecified atom stereocenters. The molecule has 0 atom stereocenters. The van der Waals surface area contributed by atoms with Crippen LogP contribution in [0.25, 0.3) is 0 Å². The Kier molecular flexibility index (Phi) is 5.35. The Labute approximate surface area is 124 Å². The zero-order valence-corrected chi connectivity index (χ0v) is 12.1. The zero-order chi connectivity index (χ0) is 15.1. The number of nitrogens with one attached hydrogen (secondary N) is 1. The number of hydrogen-bond donors (Lipinski definition) is 1. The molecule has 5 nitrogen and oxygen atoms in total. The molecular formula is C16H19N3O2. The molecule has 1 aliphatic rings. The molecule has 0 spiro atoms. The van der Waals surface area contributed by atoms with E-state index in [1.165, 1.54) is 11.8 Å². The third kappa shape index (κ3) is 4.07. The highest BCUT2D eigenvalue weighted by Gasteiger charge is 2.20. The molecule has 1 amide bonds. The maximum absolute atomic E-state index is 12.2. The highest BCUT2D eigenvalue weighted by Crippen LogP contribution is 2.07. The van der Waals surface area contributed by atoms with Crippen molar-refractivity contribution in [3.8, 4) is 6.07 Å². The van der Waals surface area contributed by atoms with Crippen LogP contribution in [-0.2, 0) is 16.1 Å². The van der Waals surface area contributed by atoms with Gasteiger partial charge in [0.2, 0.25) is 0 Å². The third-order valence-corrected chi connectivity index (χ3v) is 3.45. The quantitative estimate of drug-likeness (QED) is 0.670. The number of aryl methyl sites for hydroxylation is 1. The van der Waals surface area contributed by atoms with E-state index in [1.807, 2.05) is 37.3 Å². The summed E-state index contributed by atoms with van der Waals surface area (Å²) in [5.74, 6) is -0.238. The summed E-state index contributed by atoms with van der Waals surface area (Å²) in [6.45, 7) is 4.76. The summed E-state index contributed by atoms with van der Waals surface area (Å²) >= 11 is 0. The number of nitrogens with zero attached hydrogens (tertiary/aromatic N) is 2. The molecule has 1 aromatic rings. The lowest BCUT2D eigenvalue weighted by molar-refractivity contribution is -0.130. The first kappa shape index (κ1) is 15.1. The van der Waals surface area contributed by atoms with E-state index in [-0.39, 0.29) is 11.5 Å². The van der Waals surface area contributed by atoms with Gasteiger partial charge in [0.05, 0.1) is 13.2 Å². The van der Waals surface area contributed by atoms with E-state index < -0.39 is 0 Å². The average molecular weight is 285 g/mol. The van der Waals surface area contributed by atoms with Gasteiger partial charge in [0.15, 0.2) is 0 Å². The third-order valence-electron chi connectivity index (χ3n) is 3.45. The fraction of sp³-hybridized carbons (Fsp3) is 0.375. The number of hydrogen-bond acceptors (Lipinski definition) is 4. The number of morpholine rings is 1. The van der Waals surface area contributed by atoms with E-state index in [9.17, 15) is 4.79 Å². The van der Waals surface area contributed by atoms with E-state index in [0.717, 1.165) is 5.56 Å². The summed E-state index contributed by atoms with van der Waals surface area (Å²) in [7, 11) is 0. The normalized spacial score (nSPS) is 15.4. The van der Waals surface area contributed by atoms with Crippen molar-refractivity contribution in [3.63, 3.8) is 0 Å². The lowest BCUT2D eigenvalue weighted by Gasteiger charge is -2.26. The molecule has 21 heavy (non-hydrogen) atoms. The Balaban J connectivity index is 1.96. The van der Waals surface area contributed by atoms with Crippen LogP contribution in [0.3, 0.4) is 0 Å². The van der Waals surface area contributed by atoms with Crippen molar-refractivity contribution in [2.45, 2.75) is 13.5 Å². The minimum absolute atomic E-state index is 0.130. The summed E-state index contributed by atoms with van der Waals surface area (Å²) in [5.41, 5.74) is 2.45. The number of rotatable bonds is 4. The highest BCUT2D eigenvalue weighted by atomic mass is 16.5. The van der Waals surface area contributed by atoms with Crippen LogP contribution in [0.4, 0.5) is 0 Å². The van der Waals surface area contributed by atoms with Crippen molar-refractivity contribution < 1.29 is 9.53 Å². The second kappa shape index (κ2) is 7.46. The summed E-state index contributed by atoms with van der Waals surface area (Å²) in [4.78, 5) is 13.8. The van der Waals surface area contributed by atoms with Gasteiger partial charge < -0.3 is 15.0 Å². The molecule has 0 aliphatic carbocycles. The lowest BCUT2D eigenvalue weighted by Crippen LogP contribution is -2.41. The van der Waals surface area contributed by atoms with Crippen molar-refractivity contribution in [1.82, 2.24) is 10.2 Å². The predicted octanol–water partition coefficient (Wildman–Crippen LogP) is 1.35. The van der Waals surface area contributed by atoms with Crippen LogP contribution >= 0.6 is 0 Å². The Hall–Kier alpha value is -2.32. The van der Waals surface area contributed by atoms with Crippen LogP contribution in [0, 0.1) is 18.3 Å². The molecule has 1 aliphatic heterocycles. The first-order valence-electron chi connectivity index (χ1n) is 6.97. The van der Waals surface area contributed by atoms with E-state index >= 15 is 0 Å². The number of carbonyl (C=O) groups is 1. The molecule has 1 aromatic carbocycles. The number of ether oxygens (including phenoxy) is 1. The van der Waals surface area contributed by atoms with Crippen LogP contribution in [0.15, 0.2) is 36.0 Å². The number of nitriles is 1. The standard InChI is InChI=1S/C16H19N3O2/c1-13-4-2-3-5-14(13)11-18-12-15(10-17)16(20)19-6-8-21-9-7-19/h2-5,12,18H,6-9,11H2,1H3/b15-12-. The van der Waals surface area contributed by atoms with Gasteiger partial charge in [-0.05, 0) is 18.1 Å². The molecule has 1 heterocycles. The number of carbonyl (C=O) groups excluding carboxylic acids is 1. The van der Waals surface area contributed by atoms with Gasteiger partial charge >= 0.3 is 0 Å². The molecular weight excluding hydrogens is 266 g/mol. The van der Waals surface area contributed by atoms with Crippen molar-refractivity contribution >= 4 is 5.91 Å². The van der Waals surface area contributed by atoms with Crippen LogP contribution in [-0.4, -0.2) is 37.1 Å². The summed E-state index contributed by atoms with van der Waals surface area (Å²) in [6.07, 6.45) is 1.50. The molecule has 1 saturated heterocycles. The summed E-state index contributed by atoms with van der Waals surface area (Å²) in [5, 5.41) is 12.2. The monoisotopic (exact) mass is 285 g/mol. The lowest BCUT2D eigenvalue weighted by atomic mass is 10.1. The first-order valence-corrected chi connectivity index (χ1v) is 6.97. The Bertz CT molecular complexity index is 569. The van der Waals surface area contributed by atoms with Gasteiger partial charge in [-0.3, -0.25) is 4.79 Å². The van der Waals surface area contributed by atoms with Gasteiger partial charge in [0.1, 0.15) is 11.6 Å². The topological polar surface area (TPSA) is 65.4 Å². The molecule has 0 bridgehead atoms. The average Bonchev–Trinajstić information content (AvgIpc) is 2.53. The van der Waals surface area contributed by atoms with E-state index in [1.54, 1.807) is 4.90 Å². The highest BCUT2D eigenvalue weighted by molar-refractivity contribution is 5.97. The van der Waals surface area contributed by atoms with Crippen LogP contribution < -0.4 is 5.32 Å². The van der Waals surface area contributed by atoms with E-state index in [4.69, 9.17) is 10.00 Å². The minimum atomic E-state index is -0.238. The second-order valence-corrected chi connectivity index (χ2v) is 4.88. The van der Waals surface area contributed by atoms with Crippen molar-refractivity contribution in [2.75, 3.05) is 26.3 Å². The largest absolute Gasteiger partial charge is 0.386 e. The molecule has 0 saturated carbocycles. The zero-order valence-electron chi connectivity index (χ0n) is 12.1. The fourth-order valence-corrected chi connectivity index (χ4v) is 2.15. The van der Waals surface area contributed by atoms with E-state index in [2.05, 4.69) is 5.32 Å². The maximum atomic E-state index is 12.2. The molecule has 110 valence electrons. The van der Waals surface area contributed by atoms with Crippen LogP contribution in [0.5, 0.6) is 0 Å². The molecule has 5 heteroatoms. The second-order valence-electron chi connectivity index (χ2n) is 4.88. The number of benzene rings is 1. The molecule has 0 aromatic heterocycles. The summed E-state index contributed by atoms with van der Waals surface area (Å²) in [6, 6.07) is 9.97. The van der Waals surface area contributed by atoms with Gasteiger partial charge in [-0.2, -0.15) is 5.26 Å². The van der Waals surface area contributed by atoms with Gasteiger partial charge in [-0.15, -0.1) is 0 Å². The van der Waals surface area contributed by atoms with Gasteiger partial charge in [0.25, 0.3) is 5.91 Å². The van der Waals surface area contributed by atoms with Gasteiger partial charge in [0, 0.05) is 25.8 Å². The minimum Gasteiger partial charge on any atom is -0.386 e. The number of amides is 1. The first-order chi connectivity index (χ1) is 10.2. The Morgan fingerprint density at radius 2 is 2.14 bits per heavy atom. The van der Waals surface area contributed by atoms with Crippen molar-refractivity contribution in [1.29, 1.82) is 5.26 Å². The van der Waals surface area contributed by atoms with E-state index in [0.29, 0.717) is 32.8 Å². The SMILES string of the molecule is Cc1ccccc1CN/C=C(/C#N)C(=O)N1CCOCC1. The maximum Gasteiger partial charge on any atom is 0.266 e. The molecule has 1 N–H and O–H groups in total. The Morgan fingerprint density at radius 3 is 2.81 bits per heavy atom. The molecule has 1 fully saturated rings. The van der Waals surface area contributed by atoms with Gasteiger partial charge in [-0.25, -0.2) is 0 Å². The van der Waals surface area contributed by atoms with Gasteiger partial charge in [-0.1, -0.05) is 24.3 Å². The summed E-state index contributed by atoms with van der Waals surface area (Å²) < 4.78 is 5.20.